The second kappa shape index (κ2) is 39.4. The number of alkyl halides is 9. The van der Waals surface area contributed by atoms with E-state index in [4.69, 9.17) is 34.2 Å². The number of hydrogen-bond donors (Lipinski definition) is 0. The first-order chi connectivity index (χ1) is 68.5. The van der Waals surface area contributed by atoms with E-state index in [0.29, 0.717) is 51.6 Å². The highest BCUT2D eigenvalue weighted by Gasteiger charge is 2.86. The van der Waals surface area contributed by atoms with Crippen LogP contribution < -0.4 is 9.65 Å². The maximum absolute atomic E-state index is 14.4. The zero-order chi connectivity index (χ0) is 98.6. The fourth-order valence-electron chi connectivity index (χ4n) is 16.7. The van der Waals surface area contributed by atoms with Crippen LogP contribution in [0.5, 0.6) is 5.75 Å². The molecule has 0 atom stereocenters. The topological polar surface area (TPSA) is 165 Å². The van der Waals surface area contributed by atoms with Crippen molar-refractivity contribution < 1.29 is 61.4 Å². The number of aromatic nitrogens is 8. The first-order valence-corrected chi connectivity index (χ1v) is 46.9. The van der Waals surface area contributed by atoms with Gasteiger partial charge in [-0.2, -0.15) is 47.9 Å². The van der Waals surface area contributed by atoms with E-state index in [1.54, 1.807) is 30.3 Å². The van der Waals surface area contributed by atoms with Crippen molar-refractivity contribution in [3.8, 4) is 175 Å². The number of nitrogens with zero attached hydrogens (tertiary/aromatic N) is 8. The van der Waals surface area contributed by atoms with Gasteiger partial charge in [0.2, 0.25) is 0 Å². The summed E-state index contributed by atoms with van der Waals surface area (Å²) in [5.74, 6) is -12.8. The number of halogens is 9. The highest BCUT2D eigenvalue weighted by molar-refractivity contribution is 7.88. The Morgan fingerprint density at radius 3 is 0.768 bits per heavy atom. The molecule has 0 bridgehead atoms. The zero-order valence-electron chi connectivity index (χ0n) is 76.6. The standard InChI is InChI=1S/C54H36N4.C35H20F9N3O3S.C29H28BNO2/c1-5-15-37(16-6-1)45-35-50(40-17-7-2-8-18-40)55-51(36-45)41-31-27-38(28-32-41)46-23-13-26-49-47(24-14-25-48(46)49)39-29-33-44(34-30-39)54-57-52(42-19-9-3-10-20-42)56-53(58-54)43-21-11-4-12-22-43;36-32(37,34(40,41)42)33(38,39)35(43,44)51(48,49)50-28-16-8-14-26-25(13-7-15-27(26)28)21-17-19-24(20-18-21)31-46-29(22-9-3-1-4-10-22)45-30(47-31)23-11-5-2-6-12-23;1-28(2)29(3,4)33-30(32-28)25-17-15-23(16-18-25)27-20-24(21-11-7-5-8-12-21)19-26(31-27)22-13-9-6-10-14-22/h1-36H;1-20H;5-20H,1-4H3. The van der Waals surface area contributed by atoms with Crippen LogP contribution in [0.25, 0.3) is 191 Å². The van der Waals surface area contributed by atoms with E-state index in [-0.39, 0.29) is 29.1 Å². The second-order valence-corrected chi connectivity index (χ2v) is 36.4. The summed E-state index contributed by atoms with van der Waals surface area (Å²) in [4.78, 5) is 38.8. The number of hydrogen-bond acceptors (Lipinski definition) is 13. The van der Waals surface area contributed by atoms with Gasteiger partial charge in [-0.1, -0.05) is 406 Å². The van der Waals surface area contributed by atoms with Crippen LogP contribution in [0.2, 0.25) is 0 Å². The first-order valence-electron chi connectivity index (χ1n) is 45.5. The first kappa shape index (κ1) is 94.4. The molecule has 1 saturated heterocycles. The fourth-order valence-corrected chi connectivity index (χ4v) is 17.6. The van der Waals surface area contributed by atoms with E-state index in [1.807, 2.05) is 152 Å². The lowest BCUT2D eigenvalue weighted by Crippen LogP contribution is -2.63. The maximum Gasteiger partial charge on any atom is 0.494 e. The van der Waals surface area contributed by atoms with Crippen LogP contribution in [0.15, 0.2) is 437 Å². The lowest BCUT2D eigenvalue weighted by atomic mass is 9.78. The molecular formula is C118H84BF9N8O5S. The molecule has 0 aliphatic carbocycles. The molecular weight excluding hydrogens is 1820 g/mol. The van der Waals surface area contributed by atoms with Crippen LogP contribution in [0.3, 0.4) is 0 Å². The highest BCUT2D eigenvalue weighted by Crippen LogP contribution is 2.56. The summed E-state index contributed by atoms with van der Waals surface area (Å²) in [6, 6.07) is 142. The lowest BCUT2D eigenvalue weighted by molar-refractivity contribution is -0.382. The summed E-state index contributed by atoms with van der Waals surface area (Å²) in [6.45, 7) is 8.30. The van der Waals surface area contributed by atoms with Gasteiger partial charge >= 0.3 is 40.5 Å². The van der Waals surface area contributed by atoms with Crippen LogP contribution in [-0.4, -0.2) is 89.9 Å². The number of fused-ring (bicyclic) bond motifs is 2. The number of pyridine rings is 2. The largest absolute Gasteiger partial charge is 0.494 e. The van der Waals surface area contributed by atoms with E-state index in [1.165, 1.54) is 45.2 Å². The van der Waals surface area contributed by atoms with E-state index in [2.05, 4.69) is 271 Å². The molecule has 5 heterocycles. The average molecular weight is 1910 g/mol. The molecule has 13 nitrogen and oxygen atoms in total. The summed E-state index contributed by atoms with van der Waals surface area (Å²) >= 11 is 0. The summed E-state index contributed by atoms with van der Waals surface area (Å²) in [5, 5.41) is -4.75. The van der Waals surface area contributed by atoms with Crippen LogP contribution in [0.1, 0.15) is 27.7 Å². The smallest absolute Gasteiger partial charge is 0.399 e. The summed E-state index contributed by atoms with van der Waals surface area (Å²) in [6.07, 6.45) is -7.21. The normalized spacial score (nSPS) is 13.1. The minimum atomic E-state index is -7.43. The third kappa shape index (κ3) is 19.6. The van der Waals surface area contributed by atoms with Crippen molar-refractivity contribution in [2.45, 2.75) is 62.2 Å². The second-order valence-electron chi connectivity index (χ2n) is 34.8. The van der Waals surface area contributed by atoms with Crippen molar-refractivity contribution in [1.82, 2.24) is 39.9 Å². The molecule has 4 aromatic heterocycles. The number of benzene rings is 16. The van der Waals surface area contributed by atoms with Crippen LogP contribution in [-0.2, 0) is 19.4 Å². The van der Waals surface area contributed by atoms with Crippen molar-refractivity contribution >= 4 is 44.2 Å². The zero-order valence-corrected chi connectivity index (χ0v) is 77.4. The molecule has 0 N–H and O–H groups in total. The highest BCUT2D eigenvalue weighted by atomic mass is 32.2. The molecule has 1 aliphatic heterocycles. The molecule has 0 radical (unpaired) electrons. The molecule has 1 aliphatic rings. The Hall–Kier alpha value is -16.5. The molecule has 0 unspecified atom stereocenters. The minimum Gasteiger partial charge on any atom is -0.399 e. The van der Waals surface area contributed by atoms with Gasteiger partial charge in [0.25, 0.3) is 0 Å². The molecule has 0 saturated carbocycles. The van der Waals surface area contributed by atoms with Gasteiger partial charge in [0.05, 0.1) is 34.0 Å². The molecule has 698 valence electrons. The van der Waals surface area contributed by atoms with Gasteiger partial charge in [0.15, 0.2) is 40.7 Å². The van der Waals surface area contributed by atoms with Crippen LogP contribution in [0.4, 0.5) is 39.5 Å². The molecule has 16 aromatic carbocycles. The van der Waals surface area contributed by atoms with E-state index in [0.717, 1.165) is 119 Å². The van der Waals surface area contributed by atoms with Crippen molar-refractivity contribution in [1.29, 1.82) is 0 Å². The third-order valence-corrected chi connectivity index (χ3v) is 26.3. The average Bonchev–Trinajstić information content (AvgIpc) is 1.03. The van der Waals surface area contributed by atoms with Gasteiger partial charge in [-0.05, 0) is 135 Å². The summed E-state index contributed by atoms with van der Waals surface area (Å²) < 4.78 is 162. The Morgan fingerprint density at radius 1 is 0.239 bits per heavy atom. The van der Waals surface area contributed by atoms with Gasteiger partial charge in [-0.25, -0.2) is 39.9 Å². The van der Waals surface area contributed by atoms with Gasteiger partial charge in [0, 0.05) is 61.0 Å². The Balaban J connectivity index is 0.000000140. The Labute approximate surface area is 814 Å². The predicted molar refractivity (Wildman–Crippen MR) is 544 cm³/mol. The Morgan fingerprint density at radius 2 is 0.472 bits per heavy atom. The SMILES string of the molecule is CC1(C)OB(c2ccc(-c3cc(-c4ccccc4)cc(-c4ccccc4)n3)cc2)OC1(C)C.O=S(=O)(Oc1cccc2c(-c3ccc(-c4nc(-c5ccccc5)nc(-c5ccccc5)n4)cc3)cccc12)C(F)(F)C(F)(F)C(F)(F)C(F)(F)F.c1ccc(-c2cc(-c3ccccc3)nc(-c3ccc(-c4cccc5c(-c6ccc(-c7nc(-c8ccccc8)nc(-c8ccccc8)n7)cc6)cccc45)cc3)c2)cc1. The molecule has 20 aromatic rings. The van der Waals surface area contributed by atoms with E-state index in [9.17, 15) is 47.9 Å². The molecule has 21 rings (SSSR count). The predicted octanol–water partition coefficient (Wildman–Crippen LogP) is 30.0. The fraction of sp³-hybridized carbons (Fsp3) is 0.0847. The molecule has 0 amide bonds. The molecule has 142 heavy (non-hydrogen) atoms. The Kier molecular flexibility index (Phi) is 26.2. The van der Waals surface area contributed by atoms with Gasteiger partial charge in [0.1, 0.15) is 0 Å². The van der Waals surface area contributed by atoms with Crippen molar-refractivity contribution in [3.05, 3.63) is 437 Å². The van der Waals surface area contributed by atoms with E-state index < -0.39 is 39.1 Å². The summed E-state index contributed by atoms with van der Waals surface area (Å²) in [7, 11) is -7.52. The molecule has 1 fully saturated rings. The summed E-state index contributed by atoms with van der Waals surface area (Å²) in [5.41, 5.74) is 23.4. The van der Waals surface area contributed by atoms with Crippen molar-refractivity contribution in [2.75, 3.05) is 0 Å². The van der Waals surface area contributed by atoms with Gasteiger partial charge in [-0.15, -0.1) is 0 Å². The molecule has 0 spiro atoms. The minimum absolute atomic E-state index is 0.131. The van der Waals surface area contributed by atoms with Crippen LogP contribution in [0, 0.1) is 0 Å². The van der Waals surface area contributed by atoms with E-state index >= 15 is 0 Å². The third-order valence-electron chi connectivity index (χ3n) is 25.0. The van der Waals surface area contributed by atoms with Crippen molar-refractivity contribution in [3.63, 3.8) is 0 Å². The quantitative estimate of drug-likeness (QED) is 0.0379. The lowest BCUT2D eigenvalue weighted by Gasteiger charge is -2.32. The maximum atomic E-state index is 14.4. The van der Waals surface area contributed by atoms with Gasteiger partial charge < -0.3 is 13.5 Å². The van der Waals surface area contributed by atoms with Crippen LogP contribution >= 0.6 is 0 Å². The van der Waals surface area contributed by atoms with Gasteiger partial charge in [-0.3, -0.25) is 0 Å². The van der Waals surface area contributed by atoms with Crippen molar-refractivity contribution in [2.24, 2.45) is 0 Å². The molecule has 24 heteroatoms. The Bertz CT molecular complexity index is 7600. The number of rotatable bonds is 21. The monoisotopic (exact) mass is 1910 g/mol.